The second-order valence-corrected chi connectivity index (χ2v) is 8.51. The van der Waals surface area contributed by atoms with Crippen molar-refractivity contribution in [2.75, 3.05) is 27.1 Å². The number of rotatable bonds is 4. The Morgan fingerprint density at radius 2 is 1.31 bits per heavy atom. The lowest BCUT2D eigenvalue weighted by atomic mass is 9.92. The molecular weight excluding hydrogens is 488 g/mol. The molecule has 10 heteroatoms. The molecule has 3 N–H and O–H groups in total. The van der Waals surface area contributed by atoms with Crippen LogP contribution in [0.5, 0.6) is 17.2 Å². The molecule has 5 rings (SSSR count). The average molecular weight is 511 g/mol. The summed E-state index contributed by atoms with van der Waals surface area (Å²) in [6.45, 7) is 0. The number of nitrogens with two attached hydrogens (primary N) is 1. The second-order valence-electron chi connectivity index (χ2n) is 7.72. The number of benzene rings is 4. The van der Waals surface area contributed by atoms with Crippen LogP contribution in [0.15, 0.2) is 66.7 Å². The van der Waals surface area contributed by atoms with Crippen LogP contribution in [0.4, 0.5) is 5.82 Å². The zero-order chi connectivity index (χ0) is 26.0. The van der Waals surface area contributed by atoms with Crippen molar-refractivity contribution in [3.63, 3.8) is 0 Å². The standard InChI is InChI=1S/C26H22N2O3.ClHO4/c1-29-21-13-16(14-22(30-2)25(21)31-3)20-12-15-8-4-5-9-17(15)24-23(20)18-10-6-7-11-19(18)26(27)28-24;2-1(3,4)5/h4-14H,1-3H3,(H2,27,28);(H,2,3,4,5). The molecule has 4 aromatic carbocycles. The van der Waals surface area contributed by atoms with Gasteiger partial charge in [-0.15, -0.1) is 0 Å². The fraction of sp³-hybridized carbons (Fsp3) is 0.115. The Hall–Kier alpha value is -3.86. The minimum absolute atomic E-state index is 0.523. The summed E-state index contributed by atoms with van der Waals surface area (Å²) in [5.74, 6) is 2.29. The Morgan fingerprint density at radius 1 is 0.778 bits per heavy atom. The summed E-state index contributed by atoms with van der Waals surface area (Å²) < 4.78 is 49.4. The molecule has 0 amide bonds. The number of nitrogen functional groups attached to an aromatic ring is 1. The van der Waals surface area contributed by atoms with Gasteiger partial charge in [0.1, 0.15) is 5.82 Å². The summed E-state index contributed by atoms with van der Waals surface area (Å²) in [6, 6.07) is 22.4. The van der Waals surface area contributed by atoms with Crippen LogP contribution in [0.2, 0.25) is 0 Å². The molecule has 0 bridgehead atoms. The lowest BCUT2D eigenvalue weighted by Crippen LogP contribution is -2.58. The fourth-order valence-corrected chi connectivity index (χ4v) is 4.29. The summed E-state index contributed by atoms with van der Waals surface area (Å²) in [5.41, 5.74) is 9.21. The van der Waals surface area contributed by atoms with Gasteiger partial charge in [-0.2, -0.15) is 14.0 Å². The molecule has 0 saturated carbocycles. The Labute approximate surface area is 208 Å². The summed E-state index contributed by atoms with van der Waals surface area (Å²) in [5, 5.41) is 5.17. The SMILES string of the molecule is COc1cc(-c2cc3ccccc3c3nc(N)c4ccccc4c23)cc(OC)c1OC.[O-][Cl+3]([O-])([O-])O. The van der Waals surface area contributed by atoms with Crippen LogP contribution in [-0.4, -0.2) is 31.0 Å². The van der Waals surface area contributed by atoms with E-state index in [1.807, 2.05) is 42.5 Å². The van der Waals surface area contributed by atoms with Crippen LogP contribution in [0.1, 0.15) is 0 Å². The molecule has 5 aromatic rings. The zero-order valence-corrected chi connectivity index (χ0v) is 20.4. The lowest BCUT2D eigenvalue weighted by molar-refractivity contribution is -1.92. The molecule has 0 aliphatic heterocycles. The van der Waals surface area contributed by atoms with Crippen molar-refractivity contribution in [2.45, 2.75) is 0 Å². The summed E-state index contributed by atoms with van der Waals surface area (Å²) in [6.07, 6.45) is 0. The van der Waals surface area contributed by atoms with Gasteiger partial charge in [-0.3, -0.25) is 0 Å². The third-order valence-corrected chi connectivity index (χ3v) is 5.70. The van der Waals surface area contributed by atoms with E-state index >= 15 is 0 Å². The van der Waals surface area contributed by atoms with Gasteiger partial charge in [0.2, 0.25) is 5.75 Å². The molecule has 1 aromatic heterocycles. The molecule has 0 radical (unpaired) electrons. The van der Waals surface area contributed by atoms with Gasteiger partial charge in [-0.25, -0.2) is 4.98 Å². The minimum Gasteiger partial charge on any atom is -0.493 e. The first-order valence-corrected chi connectivity index (χ1v) is 11.9. The minimum atomic E-state index is -4.69. The monoisotopic (exact) mass is 510 g/mol. The van der Waals surface area contributed by atoms with E-state index in [0.717, 1.165) is 43.6 Å². The maximum Gasteiger partial charge on any atom is 0.203 e. The molecule has 36 heavy (non-hydrogen) atoms. The topological polar surface area (TPSA) is 156 Å². The number of fused-ring (bicyclic) bond motifs is 5. The van der Waals surface area contributed by atoms with Crippen LogP contribution < -0.4 is 33.9 Å². The molecule has 9 nitrogen and oxygen atoms in total. The Morgan fingerprint density at radius 3 is 1.86 bits per heavy atom. The number of hydrogen-bond acceptors (Lipinski definition) is 9. The number of aromatic nitrogens is 1. The van der Waals surface area contributed by atoms with Crippen molar-refractivity contribution in [1.29, 1.82) is 0 Å². The molecule has 186 valence electrons. The first kappa shape index (κ1) is 25.2. The van der Waals surface area contributed by atoms with Crippen LogP contribution in [-0.2, 0) is 0 Å². The van der Waals surface area contributed by atoms with E-state index in [1.54, 1.807) is 21.3 Å². The van der Waals surface area contributed by atoms with Crippen molar-refractivity contribution in [2.24, 2.45) is 0 Å². The first-order chi connectivity index (χ1) is 17.2. The molecule has 0 saturated heterocycles. The second kappa shape index (κ2) is 10.0. The van der Waals surface area contributed by atoms with Crippen molar-refractivity contribution < 1.29 is 43.1 Å². The molecule has 0 aliphatic rings. The van der Waals surface area contributed by atoms with Gasteiger partial charge in [0.25, 0.3) is 0 Å². The first-order valence-electron chi connectivity index (χ1n) is 10.6. The Bertz CT molecular complexity index is 1540. The van der Waals surface area contributed by atoms with Gasteiger partial charge in [0.05, 0.1) is 41.7 Å². The quantitative estimate of drug-likeness (QED) is 0.343. The molecule has 0 aliphatic carbocycles. The molecule has 0 atom stereocenters. The summed E-state index contributed by atoms with van der Waals surface area (Å²) >= 11 is 0. The van der Waals surface area contributed by atoms with Crippen LogP contribution in [0.25, 0.3) is 43.6 Å². The van der Waals surface area contributed by atoms with Crippen molar-refractivity contribution in [3.8, 4) is 28.4 Å². The number of ether oxygens (including phenoxy) is 3. The van der Waals surface area contributed by atoms with E-state index in [2.05, 4.69) is 24.3 Å². The lowest BCUT2D eigenvalue weighted by Gasteiger charge is -2.17. The largest absolute Gasteiger partial charge is 0.493 e. The smallest absolute Gasteiger partial charge is 0.203 e. The molecule has 1 heterocycles. The van der Waals surface area contributed by atoms with Gasteiger partial charge in [-0.1, -0.05) is 48.5 Å². The number of hydrogen-bond donors (Lipinski definition) is 2. The number of pyridine rings is 1. The fourth-order valence-electron chi connectivity index (χ4n) is 4.29. The van der Waals surface area contributed by atoms with Crippen molar-refractivity contribution >= 4 is 38.3 Å². The third-order valence-electron chi connectivity index (χ3n) is 5.70. The normalized spacial score (nSPS) is 11.3. The third kappa shape index (κ3) is 4.92. The van der Waals surface area contributed by atoms with E-state index in [0.29, 0.717) is 23.1 Å². The maximum atomic E-state index is 8.60. The van der Waals surface area contributed by atoms with Gasteiger partial charge in [0, 0.05) is 16.2 Å². The summed E-state index contributed by atoms with van der Waals surface area (Å²) in [4.78, 5) is 4.83. The van der Waals surface area contributed by atoms with Crippen LogP contribution >= 0.6 is 0 Å². The number of anilines is 1. The van der Waals surface area contributed by atoms with Crippen LogP contribution in [0.3, 0.4) is 0 Å². The highest BCUT2D eigenvalue weighted by atomic mass is 35.7. The Kier molecular flexibility index (Phi) is 7.02. The van der Waals surface area contributed by atoms with Crippen LogP contribution in [0, 0.1) is 10.2 Å². The van der Waals surface area contributed by atoms with Gasteiger partial charge < -0.3 is 19.9 Å². The highest BCUT2D eigenvalue weighted by Crippen LogP contribution is 2.45. The highest BCUT2D eigenvalue weighted by Gasteiger charge is 2.19. The molecule has 0 spiro atoms. The van der Waals surface area contributed by atoms with E-state index in [9.17, 15) is 0 Å². The van der Waals surface area contributed by atoms with E-state index in [-0.39, 0.29) is 0 Å². The number of halogens is 1. The van der Waals surface area contributed by atoms with E-state index in [1.165, 1.54) is 0 Å². The van der Waals surface area contributed by atoms with Gasteiger partial charge >= 0.3 is 0 Å². The van der Waals surface area contributed by atoms with Crippen molar-refractivity contribution in [3.05, 3.63) is 66.7 Å². The maximum absolute atomic E-state index is 8.60. The predicted molar refractivity (Wildman–Crippen MR) is 128 cm³/mol. The highest BCUT2D eigenvalue weighted by molar-refractivity contribution is 6.23. The average Bonchev–Trinajstić information content (AvgIpc) is 2.86. The number of methoxy groups -OCH3 is 3. The molecule has 0 fully saturated rings. The zero-order valence-electron chi connectivity index (χ0n) is 19.7. The van der Waals surface area contributed by atoms with E-state index < -0.39 is 10.2 Å². The van der Waals surface area contributed by atoms with Gasteiger partial charge in [-0.05, 0) is 40.1 Å². The van der Waals surface area contributed by atoms with Crippen molar-refractivity contribution in [1.82, 2.24) is 4.98 Å². The molecular formula is C26H23ClN2O7. The summed E-state index contributed by atoms with van der Waals surface area (Å²) in [7, 11) is 0.153. The Balaban J connectivity index is 0.000000556. The number of nitrogens with zero attached hydrogens (tertiary/aromatic N) is 1. The molecule has 0 unspecified atom stereocenters. The van der Waals surface area contributed by atoms with Gasteiger partial charge in [0.15, 0.2) is 11.5 Å². The van der Waals surface area contributed by atoms with E-state index in [4.69, 9.17) is 43.6 Å². The predicted octanol–water partition coefficient (Wildman–Crippen LogP) is 1.69.